The van der Waals surface area contributed by atoms with Crippen molar-refractivity contribution in [2.24, 2.45) is 0 Å². The molecule has 3 nitrogen and oxygen atoms in total. The Morgan fingerprint density at radius 1 is 1.47 bits per heavy atom. The van der Waals surface area contributed by atoms with Gasteiger partial charge in [0.1, 0.15) is 5.75 Å². The van der Waals surface area contributed by atoms with Crippen LogP contribution in [0.1, 0.15) is 13.3 Å². The number of rotatable bonds is 4. The standard InChI is InChI=1S/C11H11F3N2O/c1-8(5-6-15)16-9-3-2-4-10(7-9)17-11(12,13)14/h2-4,7-8,16H,5H2,1H3. The van der Waals surface area contributed by atoms with Gasteiger partial charge in [0.05, 0.1) is 12.5 Å². The van der Waals surface area contributed by atoms with Crippen molar-refractivity contribution in [2.45, 2.75) is 25.7 Å². The van der Waals surface area contributed by atoms with E-state index in [1.54, 1.807) is 13.0 Å². The van der Waals surface area contributed by atoms with Gasteiger partial charge < -0.3 is 10.1 Å². The van der Waals surface area contributed by atoms with Gasteiger partial charge >= 0.3 is 6.36 Å². The average Bonchev–Trinajstić information content (AvgIpc) is 2.15. The third-order valence-electron chi connectivity index (χ3n) is 1.88. The Morgan fingerprint density at radius 2 is 2.18 bits per heavy atom. The second kappa shape index (κ2) is 5.43. The van der Waals surface area contributed by atoms with Crippen LogP contribution in [0.5, 0.6) is 5.75 Å². The van der Waals surface area contributed by atoms with Gasteiger partial charge in [0.25, 0.3) is 0 Å². The van der Waals surface area contributed by atoms with Gasteiger partial charge in [0.2, 0.25) is 0 Å². The van der Waals surface area contributed by atoms with E-state index < -0.39 is 6.36 Å². The first kappa shape index (κ1) is 13.2. The molecule has 0 bridgehead atoms. The molecule has 0 aliphatic carbocycles. The van der Waals surface area contributed by atoms with E-state index in [0.29, 0.717) is 5.69 Å². The average molecular weight is 244 g/mol. The number of anilines is 1. The minimum absolute atomic E-state index is 0.138. The zero-order valence-corrected chi connectivity index (χ0v) is 9.08. The molecule has 6 heteroatoms. The molecule has 0 aromatic heterocycles. The van der Waals surface area contributed by atoms with Crippen molar-refractivity contribution in [3.05, 3.63) is 24.3 Å². The maximum Gasteiger partial charge on any atom is 0.573 e. The first-order valence-electron chi connectivity index (χ1n) is 4.90. The Balaban J connectivity index is 2.70. The van der Waals surface area contributed by atoms with Gasteiger partial charge in [-0.25, -0.2) is 0 Å². The van der Waals surface area contributed by atoms with E-state index in [-0.39, 0.29) is 18.2 Å². The monoisotopic (exact) mass is 244 g/mol. The van der Waals surface area contributed by atoms with Crippen LogP contribution in [0.4, 0.5) is 18.9 Å². The summed E-state index contributed by atoms with van der Waals surface area (Å²) >= 11 is 0. The number of nitrogens with zero attached hydrogens (tertiary/aromatic N) is 1. The molecule has 0 fully saturated rings. The molecule has 0 heterocycles. The maximum atomic E-state index is 12.0. The minimum Gasteiger partial charge on any atom is -0.406 e. The molecule has 92 valence electrons. The molecular weight excluding hydrogens is 233 g/mol. The Morgan fingerprint density at radius 3 is 2.76 bits per heavy atom. The summed E-state index contributed by atoms with van der Waals surface area (Å²) < 4.78 is 39.7. The molecular formula is C11H11F3N2O. The third-order valence-corrected chi connectivity index (χ3v) is 1.88. The summed E-state index contributed by atoms with van der Waals surface area (Å²) in [6, 6.07) is 7.34. The molecule has 1 rings (SSSR count). The molecule has 0 saturated heterocycles. The molecule has 0 aliphatic heterocycles. The smallest absolute Gasteiger partial charge is 0.406 e. The van der Waals surface area contributed by atoms with E-state index in [1.165, 1.54) is 18.2 Å². The molecule has 0 radical (unpaired) electrons. The molecule has 17 heavy (non-hydrogen) atoms. The van der Waals surface area contributed by atoms with Gasteiger partial charge in [-0.3, -0.25) is 0 Å². The van der Waals surface area contributed by atoms with Crippen LogP contribution in [0.25, 0.3) is 0 Å². The molecule has 1 N–H and O–H groups in total. The van der Waals surface area contributed by atoms with E-state index in [2.05, 4.69) is 10.1 Å². The lowest BCUT2D eigenvalue weighted by atomic mass is 10.2. The molecule has 1 aromatic rings. The summed E-state index contributed by atoms with van der Waals surface area (Å²) in [7, 11) is 0. The van der Waals surface area contributed by atoms with Gasteiger partial charge in [-0.2, -0.15) is 5.26 Å². The number of nitriles is 1. The Labute approximate surface area is 96.8 Å². The Kier molecular flexibility index (Phi) is 4.21. The molecule has 0 spiro atoms. The van der Waals surface area contributed by atoms with Crippen LogP contribution in [0.3, 0.4) is 0 Å². The highest BCUT2D eigenvalue weighted by Crippen LogP contribution is 2.25. The van der Waals surface area contributed by atoms with Crippen LogP contribution in [0.2, 0.25) is 0 Å². The van der Waals surface area contributed by atoms with Crippen molar-refractivity contribution in [2.75, 3.05) is 5.32 Å². The van der Waals surface area contributed by atoms with Crippen molar-refractivity contribution >= 4 is 5.69 Å². The number of ether oxygens (including phenoxy) is 1. The summed E-state index contributed by atoms with van der Waals surface area (Å²) in [5, 5.41) is 11.4. The summed E-state index contributed by atoms with van der Waals surface area (Å²) in [4.78, 5) is 0. The van der Waals surface area contributed by atoms with Crippen LogP contribution in [-0.4, -0.2) is 12.4 Å². The number of hydrogen-bond acceptors (Lipinski definition) is 3. The van der Waals surface area contributed by atoms with Crippen molar-refractivity contribution < 1.29 is 17.9 Å². The van der Waals surface area contributed by atoms with Crippen molar-refractivity contribution in [1.82, 2.24) is 0 Å². The number of nitrogens with one attached hydrogen (secondary N) is 1. The summed E-state index contributed by atoms with van der Waals surface area (Å²) in [5.74, 6) is -0.286. The van der Waals surface area contributed by atoms with E-state index in [0.717, 1.165) is 0 Å². The summed E-state index contributed by atoms with van der Waals surface area (Å²) in [6.45, 7) is 1.76. The maximum absolute atomic E-state index is 12.0. The lowest BCUT2D eigenvalue weighted by molar-refractivity contribution is -0.274. The zero-order chi connectivity index (χ0) is 12.9. The number of hydrogen-bond donors (Lipinski definition) is 1. The lowest BCUT2D eigenvalue weighted by Crippen LogP contribution is -2.18. The van der Waals surface area contributed by atoms with E-state index >= 15 is 0 Å². The topological polar surface area (TPSA) is 45.0 Å². The fourth-order valence-corrected chi connectivity index (χ4v) is 1.26. The first-order chi connectivity index (χ1) is 7.90. The number of benzene rings is 1. The summed E-state index contributed by atoms with van der Waals surface area (Å²) in [5.41, 5.74) is 0.481. The fourth-order valence-electron chi connectivity index (χ4n) is 1.26. The van der Waals surface area contributed by atoms with E-state index in [1.807, 2.05) is 6.07 Å². The molecule has 1 aromatic carbocycles. The Hall–Kier alpha value is -1.90. The second-order valence-corrected chi connectivity index (χ2v) is 3.48. The van der Waals surface area contributed by atoms with Gasteiger partial charge in [-0.05, 0) is 19.1 Å². The quantitative estimate of drug-likeness (QED) is 0.883. The van der Waals surface area contributed by atoms with Crippen molar-refractivity contribution in [3.8, 4) is 11.8 Å². The predicted octanol–water partition coefficient (Wildman–Crippen LogP) is 3.30. The van der Waals surface area contributed by atoms with Crippen LogP contribution in [0.15, 0.2) is 24.3 Å². The molecule has 1 unspecified atom stereocenters. The first-order valence-corrected chi connectivity index (χ1v) is 4.90. The van der Waals surface area contributed by atoms with E-state index in [9.17, 15) is 13.2 Å². The van der Waals surface area contributed by atoms with Crippen LogP contribution < -0.4 is 10.1 Å². The Bertz CT molecular complexity index is 412. The van der Waals surface area contributed by atoms with E-state index in [4.69, 9.17) is 5.26 Å². The third kappa shape index (κ3) is 5.11. The molecule has 0 saturated carbocycles. The van der Waals surface area contributed by atoms with Crippen molar-refractivity contribution in [3.63, 3.8) is 0 Å². The van der Waals surface area contributed by atoms with Gasteiger partial charge in [-0.15, -0.1) is 13.2 Å². The second-order valence-electron chi connectivity index (χ2n) is 3.48. The SMILES string of the molecule is CC(CC#N)Nc1cccc(OC(F)(F)F)c1. The largest absolute Gasteiger partial charge is 0.573 e. The number of halogens is 3. The van der Waals surface area contributed by atoms with Gasteiger partial charge in [-0.1, -0.05) is 6.07 Å². The zero-order valence-electron chi connectivity index (χ0n) is 9.08. The van der Waals surface area contributed by atoms with Crippen molar-refractivity contribution in [1.29, 1.82) is 5.26 Å². The highest BCUT2D eigenvalue weighted by molar-refractivity contribution is 5.48. The van der Waals surface area contributed by atoms with Crippen LogP contribution in [-0.2, 0) is 0 Å². The van der Waals surface area contributed by atoms with Crippen LogP contribution in [0, 0.1) is 11.3 Å². The number of alkyl halides is 3. The fraction of sp³-hybridized carbons (Fsp3) is 0.364. The highest BCUT2D eigenvalue weighted by atomic mass is 19.4. The minimum atomic E-state index is -4.70. The predicted molar refractivity (Wildman–Crippen MR) is 56.4 cm³/mol. The normalized spacial score (nSPS) is 12.6. The molecule has 1 atom stereocenters. The summed E-state index contributed by atoms with van der Waals surface area (Å²) in [6.07, 6.45) is -4.43. The molecule has 0 aliphatic rings. The highest BCUT2D eigenvalue weighted by Gasteiger charge is 2.31. The van der Waals surface area contributed by atoms with Gasteiger partial charge in [0, 0.05) is 17.8 Å². The lowest BCUT2D eigenvalue weighted by Gasteiger charge is -2.14. The van der Waals surface area contributed by atoms with Crippen LogP contribution >= 0.6 is 0 Å². The van der Waals surface area contributed by atoms with Gasteiger partial charge in [0.15, 0.2) is 0 Å². The molecule has 0 amide bonds.